The highest BCUT2D eigenvalue weighted by Gasteiger charge is 2.08. The third kappa shape index (κ3) is 3.01. The van der Waals surface area contributed by atoms with E-state index in [9.17, 15) is 0 Å². The molecule has 0 bridgehead atoms. The van der Waals surface area contributed by atoms with E-state index < -0.39 is 0 Å². The third-order valence-corrected chi connectivity index (χ3v) is 4.28. The van der Waals surface area contributed by atoms with E-state index in [0.717, 1.165) is 38.7 Å². The molecule has 0 fully saturated rings. The molecule has 2 aromatic rings. The minimum atomic E-state index is 0.788. The van der Waals surface area contributed by atoms with Gasteiger partial charge in [0.05, 0.1) is 9.21 Å². The van der Waals surface area contributed by atoms with Gasteiger partial charge in [0.1, 0.15) is 5.01 Å². The molecule has 0 spiro atoms. The fourth-order valence-corrected chi connectivity index (χ4v) is 3.13. The summed E-state index contributed by atoms with van der Waals surface area (Å²) in [6.45, 7) is 3.95. The van der Waals surface area contributed by atoms with Crippen molar-refractivity contribution >= 4 is 34.3 Å². The molecule has 0 aromatic carbocycles. The summed E-state index contributed by atoms with van der Waals surface area (Å²) in [6.07, 6.45) is 1.13. The van der Waals surface area contributed by atoms with Crippen molar-refractivity contribution in [2.45, 2.75) is 19.9 Å². The van der Waals surface area contributed by atoms with E-state index in [0.29, 0.717) is 0 Å². The highest BCUT2D eigenvalue weighted by Crippen LogP contribution is 2.32. The van der Waals surface area contributed by atoms with Crippen LogP contribution in [0.1, 0.15) is 18.4 Å². The van der Waals surface area contributed by atoms with E-state index >= 15 is 0 Å². The molecule has 0 aliphatic heterocycles. The Bertz CT molecular complexity index is 452. The number of thiophene rings is 1. The molecule has 2 aromatic heterocycles. The highest BCUT2D eigenvalue weighted by atomic mass is 35.5. The molecule has 0 saturated carbocycles. The van der Waals surface area contributed by atoms with Crippen LogP contribution in [-0.4, -0.2) is 16.7 Å². The van der Waals surface area contributed by atoms with Crippen molar-refractivity contribution < 1.29 is 0 Å². The van der Waals surface area contributed by atoms with Crippen LogP contribution in [-0.2, 0) is 6.54 Å². The van der Waals surface area contributed by atoms with Crippen LogP contribution in [0.5, 0.6) is 0 Å². The van der Waals surface area contributed by atoms with Crippen LogP contribution in [0.25, 0.3) is 9.88 Å². The molecule has 3 nitrogen and oxygen atoms in total. The number of halogens is 1. The average molecular weight is 274 g/mol. The Morgan fingerprint density at radius 3 is 2.88 bits per heavy atom. The maximum Gasteiger partial charge on any atom is 0.157 e. The van der Waals surface area contributed by atoms with Gasteiger partial charge in [-0.05, 0) is 25.1 Å². The molecule has 0 aliphatic rings. The summed E-state index contributed by atoms with van der Waals surface area (Å²) in [4.78, 5) is 1.09. The number of hydrogen-bond donors (Lipinski definition) is 1. The smallest absolute Gasteiger partial charge is 0.157 e. The lowest BCUT2D eigenvalue weighted by molar-refractivity contribution is 0.668. The Hall–Kier alpha value is -0.490. The number of hydrogen-bond acceptors (Lipinski definition) is 5. The van der Waals surface area contributed by atoms with E-state index in [2.05, 4.69) is 22.4 Å². The quantitative estimate of drug-likeness (QED) is 0.849. The lowest BCUT2D eigenvalue weighted by Gasteiger charge is -1.96. The van der Waals surface area contributed by atoms with Crippen LogP contribution >= 0.6 is 34.3 Å². The SMILES string of the molecule is CCCNCc1nnc(-c2ccc(Cl)s2)s1. The lowest BCUT2D eigenvalue weighted by Crippen LogP contribution is -2.13. The van der Waals surface area contributed by atoms with Gasteiger partial charge in [0.25, 0.3) is 0 Å². The Kier molecular flexibility index (Phi) is 4.29. The van der Waals surface area contributed by atoms with Crippen LogP contribution in [0.4, 0.5) is 0 Å². The van der Waals surface area contributed by atoms with Gasteiger partial charge in [-0.3, -0.25) is 0 Å². The van der Waals surface area contributed by atoms with E-state index in [1.54, 1.807) is 11.3 Å². The van der Waals surface area contributed by atoms with Gasteiger partial charge >= 0.3 is 0 Å². The van der Waals surface area contributed by atoms with Crippen molar-refractivity contribution in [3.63, 3.8) is 0 Å². The fourth-order valence-electron chi connectivity index (χ4n) is 1.23. The van der Waals surface area contributed by atoms with Crippen LogP contribution in [0.15, 0.2) is 12.1 Å². The Morgan fingerprint density at radius 2 is 2.19 bits per heavy atom. The zero-order chi connectivity index (χ0) is 11.4. The molecule has 2 rings (SSSR count). The summed E-state index contributed by atoms with van der Waals surface area (Å²) in [5, 5.41) is 13.6. The van der Waals surface area contributed by atoms with E-state index in [4.69, 9.17) is 11.6 Å². The minimum absolute atomic E-state index is 0.788. The Morgan fingerprint density at radius 1 is 1.31 bits per heavy atom. The van der Waals surface area contributed by atoms with Gasteiger partial charge in [0, 0.05) is 6.54 Å². The van der Waals surface area contributed by atoms with E-state index in [1.165, 1.54) is 11.3 Å². The third-order valence-electron chi connectivity index (χ3n) is 1.95. The Labute approximate surface area is 107 Å². The Balaban J connectivity index is 2.02. The van der Waals surface area contributed by atoms with Gasteiger partial charge in [-0.25, -0.2) is 0 Å². The predicted octanol–water partition coefficient (Wildman–Crippen LogP) is 3.42. The van der Waals surface area contributed by atoms with E-state index in [-0.39, 0.29) is 0 Å². The summed E-state index contributed by atoms with van der Waals surface area (Å²) in [6, 6.07) is 3.87. The first kappa shape index (κ1) is 12.0. The van der Waals surface area contributed by atoms with E-state index in [1.807, 2.05) is 12.1 Å². The van der Waals surface area contributed by atoms with Crippen molar-refractivity contribution in [3.8, 4) is 9.88 Å². The maximum absolute atomic E-state index is 5.88. The van der Waals surface area contributed by atoms with Gasteiger partial charge in [-0.2, -0.15) is 0 Å². The lowest BCUT2D eigenvalue weighted by atomic mass is 10.5. The molecule has 0 unspecified atom stereocenters. The van der Waals surface area contributed by atoms with Crippen LogP contribution in [0.3, 0.4) is 0 Å². The van der Waals surface area contributed by atoms with Crippen molar-refractivity contribution in [2.75, 3.05) is 6.54 Å². The van der Waals surface area contributed by atoms with Crippen molar-refractivity contribution in [3.05, 3.63) is 21.5 Å². The highest BCUT2D eigenvalue weighted by molar-refractivity contribution is 7.23. The summed E-state index contributed by atoms with van der Waals surface area (Å²) in [5.74, 6) is 0. The molecule has 0 saturated heterocycles. The number of nitrogens with one attached hydrogen (secondary N) is 1. The second kappa shape index (κ2) is 5.72. The topological polar surface area (TPSA) is 37.8 Å². The van der Waals surface area contributed by atoms with Crippen molar-refractivity contribution in [1.82, 2.24) is 15.5 Å². The summed E-state index contributed by atoms with van der Waals surface area (Å²) < 4.78 is 0.788. The second-order valence-electron chi connectivity index (χ2n) is 3.28. The summed E-state index contributed by atoms with van der Waals surface area (Å²) in [7, 11) is 0. The molecule has 0 amide bonds. The predicted molar refractivity (Wildman–Crippen MR) is 70.2 cm³/mol. The maximum atomic E-state index is 5.88. The summed E-state index contributed by atoms with van der Waals surface area (Å²) in [5.41, 5.74) is 0. The number of nitrogens with zero attached hydrogens (tertiary/aromatic N) is 2. The molecule has 1 N–H and O–H groups in total. The van der Waals surface area contributed by atoms with Crippen LogP contribution in [0.2, 0.25) is 4.34 Å². The normalized spacial score (nSPS) is 10.9. The molecule has 2 heterocycles. The number of aromatic nitrogens is 2. The molecular formula is C10H12ClN3S2. The largest absolute Gasteiger partial charge is 0.310 e. The van der Waals surface area contributed by atoms with Crippen molar-refractivity contribution in [1.29, 1.82) is 0 Å². The first-order valence-corrected chi connectivity index (χ1v) is 7.09. The molecule has 16 heavy (non-hydrogen) atoms. The van der Waals surface area contributed by atoms with Gasteiger partial charge in [-0.1, -0.05) is 29.9 Å². The average Bonchev–Trinajstić information content (AvgIpc) is 2.87. The van der Waals surface area contributed by atoms with Gasteiger partial charge in [-0.15, -0.1) is 21.5 Å². The van der Waals surface area contributed by atoms with Gasteiger partial charge < -0.3 is 5.32 Å². The van der Waals surface area contributed by atoms with Gasteiger partial charge in [0.15, 0.2) is 5.01 Å². The van der Waals surface area contributed by atoms with Crippen molar-refractivity contribution in [2.24, 2.45) is 0 Å². The fraction of sp³-hybridized carbons (Fsp3) is 0.400. The molecule has 0 radical (unpaired) electrons. The van der Waals surface area contributed by atoms with Crippen LogP contribution in [0, 0.1) is 0 Å². The number of rotatable bonds is 5. The zero-order valence-corrected chi connectivity index (χ0v) is 11.3. The van der Waals surface area contributed by atoms with Gasteiger partial charge in [0.2, 0.25) is 0 Å². The second-order valence-corrected chi connectivity index (χ2v) is 6.06. The molecule has 0 atom stereocenters. The molecular weight excluding hydrogens is 262 g/mol. The zero-order valence-electron chi connectivity index (χ0n) is 8.86. The standard InChI is InChI=1S/C10H12ClN3S2/c1-2-5-12-6-9-13-14-10(16-9)7-3-4-8(11)15-7/h3-4,12H,2,5-6H2,1H3. The molecule has 86 valence electrons. The monoisotopic (exact) mass is 273 g/mol. The minimum Gasteiger partial charge on any atom is -0.310 e. The summed E-state index contributed by atoms with van der Waals surface area (Å²) >= 11 is 9.03. The molecule has 6 heteroatoms. The first-order chi connectivity index (χ1) is 7.79. The molecule has 0 aliphatic carbocycles. The first-order valence-electron chi connectivity index (χ1n) is 5.08. The van der Waals surface area contributed by atoms with Crippen LogP contribution < -0.4 is 5.32 Å².